The molecule has 4 unspecified atom stereocenters. The summed E-state index contributed by atoms with van der Waals surface area (Å²) in [6, 6.07) is 0.973. The average Bonchev–Trinajstić information content (AvgIpc) is 2.26. The minimum Gasteiger partial charge on any atom is -0.313 e. The number of piperidine rings is 1. The summed E-state index contributed by atoms with van der Waals surface area (Å²) in [4.78, 5) is 0. The summed E-state index contributed by atoms with van der Waals surface area (Å²) in [5, 5.41) is 3.67. The second kappa shape index (κ2) is 1.08. The molecule has 1 heteroatoms. The molecule has 54 valence electrons. The van der Waals surface area contributed by atoms with Crippen molar-refractivity contribution in [3.63, 3.8) is 0 Å². The van der Waals surface area contributed by atoms with Crippen LogP contribution in [0.3, 0.4) is 0 Å². The molecule has 0 bridgehead atoms. The van der Waals surface area contributed by atoms with Gasteiger partial charge in [0.2, 0.25) is 0 Å². The van der Waals surface area contributed by atoms with E-state index in [0.29, 0.717) is 0 Å². The van der Waals surface area contributed by atoms with E-state index in [1.807, 2.05) is 0 Å². The van der Waals surface area contributed by atoms with E-state index in [0.717, 1.165) is 17.4 Å². The van der Waals surface area contributed by atoms with Gasteiger partial charge in [-0.15, -0.1) is 0 Å². The normalized spacial score (nSPS) is 74.4. The third kappa shape index (κ3) is 0.241. The minimum atomic E-state index is 0.917. The van der Waals surface area contributed by atoms with Crippen LogP contribution in [0, 0.1) is 23.2 Å². The van der Waals surface area contributed by atoms with Gasteiger partial charge in [0.25, 0.3) is 0 Å². The molecule has 10 heavy (non-hydrogen) atoms. The maximum atomic E-state index is 3.67. The van der Waals surface area contributed by atoms with Gasteiger partial charge < -0.3 is 5.32 Å². The average molecular weight is 135 g/mol. The van der Waals surface area contributed by atoms with Crippen LogP contribution in [0.5, 0.6) is 0 Å². The van der Waals surface area contributed by atoms with E-state index in [4.69, 9.17) is 0 Å². The van der Waals surface area contributed by atoms with E-state index in [1.54, 1.807) is 12.8 Å². The first kappa shape index (κ1) is 4.76. The van der Waals surface area contributed by atoms with Crippen molar-refractivity contribution in [3.05, 3.63) is 0 Å². The van der Waals surface area contributed by atoms with Crippen molar-refractivity contribution in [1.82, 2.24) is 5.32 Å². The van der Waals surface area contributed by atoms with Crippen molar-refractivity contribution < 1.29 is 0 Å². The minimum absolute atomic E-state index is 0.917. The zero-order valence-corrected chi connectivity index (χ0v) is 6.14. The molecule has 1 spiro atoms. The van der Waals surface area contributed by atoms with Gasteiger partial charge in [-0.05, 0) is 49.0 Å². The van der Waals surface area contributed by atoms with Gasteiger partial charge in [0, 0.05) is 6.04 Å². The van der Waals surface area contributed by atoms with Gasteiger partial charge in [0.1, 0.15) is 0 Å². The van der Waals surface area contributed by atoms with Gasteiger partial charge in [-0.25, -0.2) is 0 Å². The molecule has 0 aromatic heterocycles. The van der Waals surface area contributed by atoms with E-state index in [9.17, 15) is 0 Å². The Morgan fingerprint density at radius 1 is 1.20 bits per heavy atom. The van der Waals surface area contributed by atoms with E-state index in [1.165, 1.54) is 24.8 Å². The first-order chi connectivity index (χ1) is 4.94. The first-order valence-electron chi connectivity index (χ1n) is 4.67. The van der Waals surface area contributed by atoms with Gasteiger partial charge in [-0.2, -0.15) is 0 Å². The molecule has 1 N–H and O–H groups in total. The highest BCUT2D eigenvalue weighted by Gasteiger charge is 2.82. The summed E-state index contributed by atoms with van der Waals surface area (Å²) in [6.45, 7) is 1.37. The highest BCUT2D eigenvalue weighted by Crippen LogP contribution is 2.82. The fourth-order valence-corrected chi connectivity index (χ4v) is 4.57. The molecule has 5 atom stereocenters. The fraction of sp³-hybridized carbons (Fsp3) is 1.00. The molecule has 1 saturated heterocycles. The molecule has 0 aromatic rings. The monoisotopic (exact) mass is 135 g/mol. The molecule has 1 nitrogen and oxygen atoms in total. The number of rotatable bonds is 0. The molecule has 3 aliphatic carbocycles. The van der Waals surface area contributed by atoms with Crippen LogP contribution in [-0.4, -0.2) is 12.6 Å². The Bertz CT molecular complexity index is 204. The van der Waals surface area contributed by atoms with Crippen molar-refractivity contribution >= 4 is 0 Å². The molecule has 1 heterocycles. The van der Waals surface area contributed by atoms with E-state index in [-0.39, 0.29) is 0 Å². The smallest absolute Gasteiger partial charge is 0.0132 e. The van der Waals surface area contributed by atoms with Crippen LogP contribution in [0.1, 0.15) is 19.3 Å². The fourth-order valence-electron chi connectivity index (χ4n) is 4.57. The lowest BCUT2D eigenvalue weighted by Gasteiger charge is -2.32. The Hall–Kier alpha value is -0.0400. The van der Waals surface area contributed by atoms with Crippen LogP contribution in [0.2, 0.25) is 0 Å². The van der Waals surface area contributed by atoms with E-state index < -0.39 is 0 Å². The van der Waals surface area contributed by atoms with Crippen LogP contribution in [0.4, 0.5) is 0 Å². The third-order valence-corrected chi connectivity index (χ3v) is 4.90. The molecule has 1 aliphatic heterocycles. The summed E-state index contributed by atoms with van der Waals surface area (Å²) >= 11 is 0. The Morgan fingerprint density at radius 2 is 2.20 bits per heavy atom. The SMILES string of the molecule is C1CC2NCC3C4CC1[C@@]234. The van der Waals surface area contributed by atoms with Crippen molar-refractivity contribution in [2.45, 2.75) is 25.3 Å². The number of nitrogens with one attached hydrogen (secondary N) is 1. The number of hydrogen-bond donors (Lipinski definition) is 1. The van der Waals surface area contributed by atoms with Gasteiger partial charge in [0.05, 0.1) is 0 Å². The zero-order chi connectivity index (χ0) is 6.34. The first-order valence-corrected chi connectivity index (χ1v) is 4.67. The third-order valence-electron chi connectivity index (χ3n) is 4.90. The largest absolute Gasteiger partial charge is 0.313 e. The molecule has 0 aromatic carbocycles. The Balaban J connectivity index is 1.91. The lowest BCUT2D eigenvalue weighted by Crippen LogP contribution is -2.37. The molecule has 0 amide bonds. The summed E-state index contributed by atoms with van der Waals surface area (Å²) < 4.78 is 0. The zero-order valence-electron chi connectivity index (χ0n) is 6.14. The standard InChI is InChI=1S/C9H13N/c1-2-8-9-5(1)3-6(9)7(9)4-10-8/h5-8,10H,1-4H2/t5?,6?,7?,8?,9-/m0/s1. The summed E-state index contributed by atoms with van der Waals surface area (Å²) in [5.41, 5.74) is 0.917. The summed E-state index contributed by atoms with van der Waals surface area (Å²) in [7, 11) is 0. The van der Waals surface area contributed by atoms with Crippen molar-refractivity contribution in [2.75, 3.05) is 6.54 Å². The molecule has 4 rings (SSSR count). The van der Waals surface area contributed by atoms with Crippen LogP contribution in [-0.2, 0) is 0 Å². The Labute approximate surface area is 61.2 Å². The lowest BCUT2D eigenvalue weighted by molar-refractivity contribution is 0.177. The van der Waals surface area contributed by atoms with Gasteiger partial charge in [-0.3, -0.25) is 0 Å². The Morgan fingerprint density at radius 3 is 3.00 bits per heavy atom. The predicted octanol–water partition coefficient (Wildman–Crippen LogP) is 1.00. The summed E-state index contributed by atoms with van der Waals surface area (Å²) in [6.07, 6.45) is 4.64. The molecule has 4 aliphatic rings. The molecule has 4 fully saturated rings. The number of hydrogen-bond acceptors (Lipinski definition) is 1. The molecular formula is C9H13N. The van der Waals surface area contributed by atoms with Gasteiger partial charge in [-0.1, -0.05) is 0 Å². The van der Waals surface area contributed by atoms with E-state index >= 15 is 0 Å². The summed E-state index contributed by atoms with van der Waals surface area (Å²) in [5.74, 6) is 3.51. The Kier molecular flexibility index (Phi) is 0.513. The van der Waals surface area contributed by atoms with E-state index in [2.05, 4.69) is 5.32 Å². The van der Waals surface area contributed by atoms with Crippen LogP contribution in [0.25, 0.3) is 0 Å². The van der Waals surface area contributed by atoms with Gasteiger partial charge in [0.15, 0.2) is 0 Å². The lowest BCUT2D eigenvalue weighted by atomic mass is 9.74. The van der Waals surface area contributed by atoms with Crippen molar-refractivity contribution in [1.29, 1.82) is 0 Å². The second-order valence-electron chi connectivity index (χ2n) is 4.68. The second-order valence-corrected chi connectivity index (χ2v) is 4.68. The topological polar surface area (TPSA) is 12.0 Å². The molecule has 0 radical (unpaired) electrons. The van der Waals surface area contributed by atoms with Crippen LogP contribution >= 0.6 is 0 Å². The highest BCUT2D eigenvalue weighted by molar-refractivity contribution is 5.32. The van der Waals surface area contributed by atoms with Crippen LogP contribution in [0.15, 0.2) is 0 Å². The van der Waals surface area contributed by atoms with Crippen molar-refractivity contribution in [3.8, 4) is 0 Å². The quantitative estimate of drug-likeness (QED) is 0.522. The van der Waals surface area contributed by atoms with Crippen molar-refractivity contribution in [2.24, 2.45) is 23.2 Å². The number of fused-ring (bicyclic) bond motifs is 1. The molecular weight excluding hydrogens is 122 g/mol. The maximum absolute atomic E-state index is 3.67. The maximum Gasteiger partial charge on any atom is 0.0132 e. The molecule has 3 saturated carbocycles. The highest BCUT2D eigenvalue weighted by atomic mass is 15.1. The van der Waals surface area contributed by atoms with Gasteiger partial charge >= 0.3 is 0 Å². The van der Waals surface area contributed by atoms with Crippen LogP contribution < -0.4 is 5.32 Å². The predicted molar refractivity (Wildman–Crippen MR) is 38.5 cm³/mol.